The van der Waals surface area contributed by atoms with Gasteiger partial charge in [-0.15, -0.1) is 0 Å². The van der Waals surface area contributed by atoms with Crippen molar-refractivity contribution in [3.8, 4) is 6.07 Å². The van der Waals surface area contributed by atoms with E-state index in [1.165, 1.54) is 19.4 Å². The topological polar surface area (TPSA) is 27.0 Å². The third-order valence-electron chi connectivity index (χ3n) is 3.51. The molecule has 0 radical (unpaired) electrons. The van der Waals surface area contributed by atoms with Crippen molar-refractivity contribution >= 4 is 0 Å². The van der Waals surface area contributed by atoms with E-state index in [4.69, 9.17) is 5.26 Å². The number of nitriles is 1. The molecule has 1 aliphatic rings. The van der Waals surface area contributed by atoms with Crippen LogP contribution in [0.3, 0.4) is 0 Å². The van der Waals surface area contributed by atoms with Crippen LogP contribution in [-0.2, 0) is 0 Å². The van der Waals surface area contributed by atoms with Crippen molar-refractivity contribution in [3.63, 3.8) is 0 Å². The van der Waals surface area contributed by atoms with E-state index in [1.54, 1.807) is 0 Å². The Balaban J connectivity index is 2.69. The Morgan fingerprint density at radius 3 is 2.77 bits per heavy atom. The zero-order valence-electron chi connectivity index (χ0n) is 9.01. The SMILES string of the molecule is CCN1CCCC(CC#N)C1(C)C. The lowest BCUT2D eigenvalue weighted by molar-refractivity contribution is 0.0286. The molecule has 74 valence electrons. The molecule has 1 unspecified atom stereocenters. The molecule has 2 nitrogen and oxygen atoms in total. The van der Waals surface area contributed by atoms with E-state index in [1.807, 2.05) is 0 Å². The molecular formula is C11H20N2. The first-order valence-corrected chi connectivity index (χ1v) is 5.25. The van der Waals surface area contributed by atoms with Crippen LogP contribution in [0.15, 0.2) is 0 Å². The quantitative estimate of drug-likeness (QED) is 0.652. The Morgan fingerprint density at radius 2 is 2.23 bits per heavy atom. The predicted molar refractivity (Wildman–Crippen MR) is 54.3 cm³/mol. The highest BCUT2D eigenvalue weighted by atomic mass is 15.2. The van der Waals surface area contributed by atoms with Gasteiger partial charge in [0.2, 0.25) is 0 Å². The highest BCUT2D eigenvalue weighted by Gasteiger charge is 2.36. The highest BCUT2D eigenvalue weighted by Crippen LogP contribution is 2.34. The average molecular weight is 180 g/mol. The molecule has 1 saturated heterocycles. The fourth-order valence-corrected chi connectivity index (χ4v) is 2.46. The van der Waals surface area contributed by atoms with Gasteiger partial charge in [-0.25, -0.2) is 0 Å². The van der Waals surface area contributed by atoms with Gasteiger partial charge in [0, 0.05) is 12.0 Å². The van der Waals surface area contributed by atoms with E-state index in [0.29, 0.717) is 12.3 Å². The second kappa shape index (κ2) is 4.11. The second-order valence-electron chi connectivity index (χ2n) is 4.43. The number of likely N-dealkylation sites (tertiary alicyclic amines) is 1. The van der Waals surface area contributed by atoms with E-state index in [-0.39, 0.29) is 5.54 Å². The summed E-state index contributed by atoms with van der Waals surface area (Å²) in [5.74, 6) is 0.561. The van der Waals surface area contributed by atoms with Crippen molar-refractivity contribution in [2.24, 2.45) is 5.92 Å². The molecule has 1 heterocycles. The molecule has 1 fully saturated rings. The monoisotopic (exact) mass is 180 g/mol. The fourth-order valence-electron chi connectivity index (χ4n) is 2.46. The van der Waals surface area contributed by atoms with Crippen LogP contribution < -0.4 is 0 Å². The lowest BCUT2D eigenvalue weighted by atomic mass is 9.77. The number of nitrogens with zero attached hydrogens (tertiary/aromatic N) is 2. The van der Waals surface area contributed by atoms with Gasteiger partial charge in [0.25, 0.3) is 0 Å². The zero-order valence-corrected chi connectivity index (χ0v) is 9.01. The van der Waals surface area contributed by atoms with Crippen molar-refractivity contribution in [3.05, 3.63) is 0 Å². The number of hydrogen-bond acceptors (Lipinski definition) is 2. The Kier molecular flexibility index (Phi) is 3.33. The molecule has 1 aliphatic heterocycles. The minimum Gasteiger partial charge on any atom is -0.298 e. The van der Waals surface area contributed by atoms with Crippen molar-refractivity contribution in [2.75, 3.05) is 13.1 Å². The maximum atomic E-state index is 8.74. The average Bonchev–Trinajstić information content (AvgIpc) is 2.08. The highest BCUT2D eigenvalue weighted by molar-refractivity contribution is 4.95. The minimum atomic E-state index is 0.225. The summed E-state index contributed by atoms with van der Waals surface area (Å²) >= 11 is 0. The Morgan fingerprint density at radius 1 is 1.54 bits per heavy atom. The third-order valence-corrected chi connectivity index (χ3v) is 3.51. The van der Waals surface area contributed by atoms with Crippen LogP contribution in [0, 0.1) is 17.2 Å². The van der Waals surface area contributed by atoms with Crippen LogP contribution in [0.1, 0.15) is 40.0 Å². The van der Waals surface area contributed by atoms with Gasteiger partial charge in [-0.1, -0.05) is 6.92 Å². The molecule has 0 aliphatic carbocycles. The number of rotatable bonds is 2. The third kappa shape index (κ3) is 2.03. The second-order valence-corrected chi connectivity index (χ2v) is 4.43. The maximum absolute atomic E-state index is 8.74. The number of hydrogen-bond donors (Lipinski definition) is 0. The van der Waals surface area contributed by atoms with Crippen LogP contribution in [-0.4, -0.2) is 23.5 Å². The van der Waals surface area contributed by atoms with Gasteiger partial charge in [0.05, 0.1) is 6.07 Å². The van der Waals surface area contributed by atoms with Crippen molar-refractivity contribution in [1.82, 2.24) is 4.90 Å². The van der Waals surface area contributed by atoms with Crippen LogP contribution in [0.5, 0.6) is 0 Å². The van der Waals surface area contributed by atoms with Gasteiger partial charge in [-0.05, 0) is 45.7 Å². The largest absolute Gasteiger partial charge is 0.298 e. The summed E-state index contributed by atoms with van der Waals surface area (Å²) in [7, 11) is 0. The van der Waals surface area contributed by atoms with E-state index in [0.717, 1.165) is 6.54 Å². The Labute approximate surface area is 81.5 Å². The summed E-state index contributed by atoms with van der Waals surface area (Å²) in [5, 5.41) is 8.74. The van der Waals surface area contributed by atoms with Crippen molar-refractivity contribution < 1.29 is 0 Å². The fraction of sp³-hybridized carbons (Fsp3) is 0.909. The minimum absolute atomic E-state index is 0.225. The van der Waals surface area contributed by atoms with E-state index < -0.39 is 0 Å². The molecule has 1 rings (SSSR count). The molecule has 1 atom stereocenters. The van der Waals surface area contributed by atoms with Crippen LogP contribution in [0.25, 0.3) is 0 Å². The Bertz CT molecular complexity index is 203. The standard InChI is InChI=1S/C11H20N2/c1-4-13-9-5-6-10(7-8-12)11(13,2)3/h10H,4-7,9H2,1-3H3. The summed E-state index contributed by atoms with van der Waals surface area (Å²) in [6.45, 7) is 9.06. The summed E-state index contributed by atoms with van der Waals surface area (Å²) in [4.78, 5) is 2.50. The molecule has 0 amide bonds. The Hall–Kier alpha value is -0.550. The van der Waals surface area contributed by atoms with Gasteiger partial charge in [0.15, 0.2) is 0 Å². The first kappa shape index (κ1) is 10.5. The summed E-state index contributed by atoms with van der Waals surface area (Å²) in [6.07, 6.45) is 3.18. The van der Waals surface area contributed by atoms with Gasteiger partial charge in [-0.2, -0.15) is 5.26 Å². The molecular weight excluding hydrogens is 160 g/mol. The molecule has 0 saturated carbocycles. The normalized spacial score (nSPS) is 28.3. The molecule has 0 spiro atoms. The van der Waals surface area contributed by atoms with Gasteiger partial charge in [0.1, 0.15) is 0 Å². The smallest absolute Gasteiger partial charge is 0.0625 e. The summed E-state index contributed by atoms with van der Waals surface area (Å²) in [5.41, 5.74) is 0.225. The maximum Gasteiger partial charge on any atom is 0.0625 e. The van der Waals surface area contributed by atoms with E-state index >= 15 is 0 Å². The first-order chi connectivity index (χ1) is 6.12. The molecule has 0 aromatic heterocycles. The summed E-state index contributed by atoms with van der Waals surface area (Å²) in [6, 6.07) is 2.31. The molecule has 0 aromatic carbocycles. The van der Waals surface area contributed by atoms with Gasteiger partial charge >= 0.3 is 0 Å². The van der Waals surface area contributed by atoms with Crippen LogP contribution in [0.2, 0.25) is 0 Å². The lowest BCUT2D eigenvalue weighted by Crippen LogP contribution is -2.52. The predicted octanol–water partition coefficient (Wildman–Crippen LogP) is 2.41. The van der Waals surface area contributed by atoms with Crippen molar-refractivity contribution in [2.45, 2.75) is 45.6 Å². The number of piperidine rings is 1. The molecule has 2 heteroatoms. The zero-order chi connectivity index (χ0) is 9.90. The lowest BCUT2D eigenvalue weighted by Gasteiger charge is -2.47. The van der Waals surface area contributed by atoms with Gasteiger partial charge < -0.3 is 0 Å². The first-order valence-electron chi connectivity index (χ1n) is 5.25. The molecule has 0 aromatic rings. The molecule has 13 heavy (non-hydrogen) atoms. The van der Waals surface area contributed by atoms with E-state index in [9.17, 15) is 0 Å². The van der Waals surface area contributed by atoms with Crippen LogP contribution in [0.4, 0.5) is 0 Å². The summed E-state index contributed by atoms with van der Waals surface area (Å²) < 4.78 is 0. The molecule has 0 bridgehead atoms. The molecule has 0 N–H and O–H groups in total. The van der Waals surface area contributed by atoms with E-state index in [2.05, 4.69) is 31.7 Å². The van der Waals surface area contributed by atoms with Crippen molar-refractivity contribution in [1.29, 1.82) is 5.26 Å². The van der Waals surface area contributed by atoms with Crippen LogP contribution >= 0.6 is 0 Å². The van der Waals surface area contributed by atoms with Gasteiger partial charge in [-0.3, -0.25) is 4.90 Å².